The quantitative estimate of drug-likeness (QED) is 0.826. The maximum absolute atomic E-state index is 11.0. The summed E-state index contributed by atoms with van der Waals surface area (Å²) in [6, 6.07) is 3.81. The van der Waals surface area contributed by atoms with E-state index >= 15 is 0 Å². The first-order chi connectivity index (χ1) is 9.22. The minimum Gasteiger partial charge on any atom is -0.476 e. The van der Waals surface area contributed by atoms with Crippen LogP contribution >= 0.6 is 0 Å². The molecule has 0 spiro atoms. The molecule has 2 rings (SSSR count). The van der Waals surface area contributed by atoms with Crippen molar-refractivity contribution in [1.29, 1.82) is 0 Å². The highest BCUT2D eigenvalue weighted by molar-refractivity contribution is 5.86. The minimum absolute atomic E-state index is 0.0620. The van der Waals surface area contributed by atoms with Crippen LogP contribution in [0.25, 0.3) is 0 Å². The summed E-state index contributed by atoms with van der Waals surface area (Å²) in [5, 5.41) is 16.5. The molecule has 0 radical (unpaired) electrons. The predicted octanol–water partition coefficient (Wildman–Crippen LogP) is 0.760. The van der Waals surface area contributed by atoms with E-state index in [2.05, 4.69) is 15.3 Å². The lowest BCUT2D eigenvalue weighted by Crippen LogP contribution is -2.11. The monoisotopic (exact) mass is 262 g/mol. The van der Waals surface area contributed by atoms with Gasteiger partial charge in [-0.1, -0.05) is 11.3 Å². The number of ether oxygens (including phenoxy) is 1. The molecule has 2 aromatic rings. The number of pyridine rings is 1. The fourth-order valence-electron chi connectivity index (χ4n) is 1.74. The van der Waals surface area contributed by atoms with Crippen molar-refractivity contribution in [1.82, 2.24) is 20.0 Å². The van der Waals surface area contributed by atoms with E-state index in [0.717, 1.165) is 5.56 Å². The minimum atomic E-state index is -1.10. The van der Waals surface area contributed by atoms with Crippen LogP contribution in [0.15, 0.2) is 24.5 Å². The van der Waals surface area contributed by atoms with Gasteiger partial charge in [-0.05, 0) is 18.1 Å². The molecule has 0 atom stereocenters. The smallest absolute Gasteiger partial charge is 0.358 e. The number of hydrogen-bond donors (Lipinski definition) is 1. The lowest BCUT2D eigenvalue weighted by atomic mass is 10.2. The second-order valence-electron chi connectivity index (χ2n) is 3.96. The van der Waals surface area contributed by atoms with E-state index in [0.29, 0.717) is 18.7 Å². The molecule has 0 unspecified atom stereocenters. The first-order valence-electron chi connectivity index (χ1n) is 5.76. The number of nitrogens with zero attached hydrogens (tertiary/aromatic N) is 4. The summed E-state index contributed by atoms with van der Waals surface area (Å²) in [5.41, 5.74) is 1.46. The number of methoxy groups -OCH3 is 1. The molecule has 0 aliphatic carbocycles. The highest BCUT2D eigenvalue weighted by Gasteiger charge is 2.18. The van der Waals surface area contributed by atoms with Crippen LogP contribution < -0.4 is 0 Å². The van der Waals surface area contributed by atoms with Crippen LogP contribution in [0, 0.1) is 0 Å². The van der Waals surface area contributed by atoms with Gasteiger partial charge in [0.15, 0.2) is 5.69 Å². The summed E-state index contributed by atoms with van der Waals surface area (Å²) in [4.78, 5) is 15.0. The summed E-state index contributed by atoms with van der Waals surface area (Å²) in [6.07, 6.45) is 4.18. The Morgan fingerprint density at radius 2 is 2.37 bits per heavy atom. The number of aromatic carboxylic acids is 1. The van der Waals surface area contributed by atoms with E-state index in [4.69, 9.17) is 9.84 Å². The fraction of sp³-hybridized carbons (Fsp3) is 0.333. The van der Waals surface area contributed by atoms with Crippen molar-refractivity contribution in [2.45, 2.75) is 19.6 Å². The Morgan fingerprint density at radius 1 is 1.53 bits per heavy atom. The van der Waals surface area contributed by atoms with Crippen molar-refractivity contribution in [3.8, 4) is 0 Å². The van der Waals surface area contributed by atoms with E-state index in [1.165, 1.54) is 7.11 Å². The second kappa shape index (κ2) is 6.05. The van der Waals surface area contributed by atoms with Gasteiger partial charge in [-0.2, -0.15) is 0 Å². The van der Waals surface area contributed by atoms with Gasteiger partial charge in [-0.25, -0.2) is 9.48 Å². The van der Waals surface area contributed by atoms with Gasteiger partial charge >= 0.3 is 5.97 Å². The molecule has 0 aliphatic heterocycles. The van der Waals surface area contributed by atoms with Gasteiger partial charge in [0.25, 0.3) is 0 Å². The van der Waals surface area contributed by atoms with Gasteiger partial charge in [0.2, 0.25) is 0 Å². The number of rotatable bonds is 6. The first-order valence-corrected chi connectivity index (χ1v) is 5.76. The molecule has 0 bridgehead atoms. The first kappa shape index (κ1) is 13.2. The number of carboxylic acid groups (broad SMARTS) is 1. The predicted molar refractivity (Wildman–Crippen MR) is 65.6 cm³/mol. The van der Waals surface area contributed by atoms with Crippen LogP contribution in [-0.4, -0.2) is 38.2 Å². The normalized spacial score (nSPS) is 10.6. The number of aromatic nitrogens is 4. The molecule has 7 nitrogen and oxygen atoms in total. The fourth-order valence-corrected chi connectivity index (χ4v) is 1.74. The van der Waals surface area contributed by atoms with Crippen LogP contribution in [0.5, 0.6) is 0 Å². The SMILES string of the molecule is COCc1c(C(=O)O)nnn1CCc1cccnc1. The molecule has 19 heavy (non-hydrogen) atoms. The van der Waals surface area contributed by atoms with Crippen molar-refractivity contribution in [2.75, 3.05) is 7.11 Å². The zero-order valence-electron chi connectivity index (χ0n) is 10.5. The summed E-state index contributed by atoms with van der Waals surface area (Å²) in [5.74, 6) is -1.10. The molecule has 0 saturated heterocycles. The Morgan fingerprint density at radius 3 is 3.00 bits per heavy atom. The van der Waals surface area contributed by atoms with Crippen LogP contribution in [0.3, 0.4) is 0 Å². The standard InChI is InChI=1S/C12H14N4O3/c1-19-8-10-11(12(17)18)14-15-16(10)6-4-9-3-2-5-13-7-9/h2-3,5,7H,4,6,8H2,1H3,(H,17,18). The van der Waals surface area contributed by atoms with Crippen molar-refractivity contribution in [3.63, 3.8) is 0 Å². The number of aryl methyl sites for hydroxylation is 2. The lowest BCUT2D eigenvalue weighted by molar-refractivity contribution is 0.0684. The maximum atomic E-state index is 11.0. The van der Waals surface area contributed by atoms with Gasteiger partial charge in [-0.15, -0.1) is 5.10 Å². The van der Waals surface area contributed by atoms with Crippen LogP contribution in [0.4, 0.5) is 0 Å². The molecule has 2 aromatic heterocycles. The Balaban J connectivity index is 2.14. The van der Waals surface area contributed by atoms with Crippen LogP contribution in [0.2, 0.25) is 0 Å². The molecule has 2 heterocycles. The van der Waals surface area contributed by atoms with Crippen LogP contribution in [-0.2, 0) is 24.3 Å². The van der Waals surface area contributed by atoms with Gasteiger partial charge in [0, 0.05) is 26.0 Å². The van der Waals surface area contributed by atoms with E-state index < -0.39 is 5.97 Å². The molecule has 0 saturated carbocycles. The molecule has 100 valence electrons. The third-order valence-electron chi connectivity index (χ3n) is 2.66. The number of carbonyl (C=O) groups is 1. The molecule has 0 aliphatic rings. The Kier molecular flexibility index (Phi) is 4.19. The van der Waals surface area contributed by atoms with E-state index in [1.807, 2.05) is 12.1 Å². The highest BCUT2D eigenvalue weighted by atomic mass is 16.5. The number of carboxylic acids is 1. The van der Waals surface area contributed by atoms with E-state index in [1.54, 1.807) is 17.1 Å². The summed E-state index contributed by atoms with van der Waals surface area (Å²) < 4.78 is 6.55. The molecule has 0 aromatic carbocycles. The van der Waals surface area contributed by atoms with Crippen molar-refractivity contribution in [3.05, 3.63) is 41.5 Å². The molecule has 0 amide bonds. The summed E-state index contributed by atoms with van der Waals surface area (Å²) in [6.45, 7) is 0.701. The summed E-state index contributed by atoms with van der Waals surface area (Å²) >= 11 is 0. The lowest BCUT2D eigenvalue weighted by Gasteiger charge is -2.06. The maximum Gasteiger partial charge on any atom is 0.358 e. The topological polar surface area (TPSA) is 90.1 Å². The van der Waals surface area contributed by atoms with Crippen molar-refractivity contribution >= 4 is 5.97 Å². The van der Waals surface area contributed by atoms with E-state index in [9.17, 15) is 4.79 Å². The van der Waals surface area contributed by atoms with Gasteiger partial charge < -0.3 is 9.84 Å². The molecule has 1 N–H and O–H groups in total. The third kappa shape index (κ3) is 3.14. The largest absolute Gasteiger partial charge is 0.476 e. The second-order valence-corrected chi connectivity index (χ2v) is 3.96. The van der Waals surface area contributed by atoms with E-state index in [-0.39, 0.29) is 12.3 Å². The summed E-state index contributed by atoms with van der Waals surface area (Å²) in [7, 11) is 1.50. The van der Waals surface area contributed by atoms with Crippen molar-refractivity contribution < 1.29 is 14.6 Å². The average molecular weight is 262 g/mol. The zero-order chi connectivity index (χ0) is 13.7. The van der Waals surface area contributed by atoms with Gasteiger partial charge in [-0.3, -0.25) is 4.98 Å². The Bertz CT molecular complexity index is 553. The van der Waals surface area contributed by atoms with Crippen molar-refractivity contribution in [2.24, 2.45) is 0 Å². The average Bonchev–Trinajstić information content (AvgIpc) is 2.81. The third-order valence-corrected chi connectivity index (χ3v) is 2.66. The van der Waals surface area contributed by atoms with Crippen LogP contribution in [0.1, 0.15) is 21.7 Å². The molecular weight excluding hydrogens is 248 g/mol. The number of hydrogen-bond acceptors (Lipinski definition) is 5. The molecule has 0 fully saturated rings. The zero-order valence-corrected chi connectivity index (χ0v) is 10.5. The van der Waals surface area contributed by atoms with Gasteiger partial charge in [0.1, 0.15) is 0 Å². The highest BCUT2D eigenvalue weighted by Crippen LogP contribution is 2.09. The Labute approximate surface area is 109 Å². The molecule has 7 heteroatoms. The molecular formula is C12H14N4O3. The Hall–Kier alpha value is -2.28. The van der Waals surface area contributed by atoms with Gasteiger partial charge in [0.05, 0.1) is 12.3 Å².